The maximum atomic E-state index is 13.5. The van der Waals surface area contributed by atoms with Gasteiger partial charge in [-0.1, -0.05) is 51.1 Å². The Kier molecular flexibility index (Phi) is 15.8. The van der Waals surface area contributed by atoms with E-state index in [-0.39, 0.29) is 23.8 Å². The average molecular weight is 819 g/mol. The number of benzene rings is 4. The maximum absolute atomic E-state index is 13.5. The molecular weight excluding hydrogens is 769 g/mol. The molecule has 0 bridgehead atoms. The number of hydrogen-bond donors (Lipinski definition) is 5. The van der Waals surface area contributed by atoms with Crippen LogP contribution in [-0.2, 0) is 37.1 Å². The Morgan fingerprint density at radius 3 is 2.17 bits per heavy atom. The molecule has 0 unspecified atom stereocenters. The molecule has 310 valence electrons. The van der Waals surface area contributed by atoms with E-state index in [1.807, 2.05) is 57.2 Å². The van der Waals surface area contributed by atoms with E-state index in [0.29, 0.717) is 90.7 Å². The number of fused-ring (bicyclic) bond motifs is 1. The number of thiol groups is 1. The summed E-state index contributed by atoms with van der Waals surface area (Å²) in [6.07, 6.45) is 1.58. The molecule has 0 fully saturated rings. The lowest BCUT2D eigenvalue weighted by molar-refractivity contribution is 0.0179. The van der Waals surface area contributed by atoms with Crippen LogP contribution in [0.2, 0.25) is 0 Å². The Bertz CT molecular complexity index is 2220. The van der Waals surface area contributed by atoms with E-state index < -0.39 is 16.9 Å². The van der Waals surface area contributed by atoms with Gasteiger partial charge < -0.3 is 49.1 Å². The number of carbonyl (C=O) groups is 1. The molecule has 2 amide bonds. The molecule has 58 heavy (non-hydrogen) atoms. The molecule has 0 atom stereocenters. The number of anilines is 4. The highest BCUT2D eigenvalue weighted by atomic mass is 32.2. The number of urea groups is 1. The van der Waals surface area contributed by atoms with Gasteiger partial charge in [0.1, 0.15) is 29.6 Å². The number of nitrogens with one attached hydrogen (secondary N) is 4. The first-order valence-electron chi connectivity index (χ1n) is 18.4. The Hall–Kier alpha value is -5.72. The van der Waals surface area contributed by atoms with Crippen LogP contribution in [0.4, 0.5) is 27.8 Å². The average Bonchev–Trinajstić information content (AvgIpc) is 3.20. The standard InChI is InChI=1S/C41H50N6O10S/c1-41(2,3)28-21-27(26-43-58(49)50)38(53-6)35(22-28)46-40(48)45-34-11-12-36(33-10-8-7-9-32(33)34)57-37-13-14-42-39(47-37)44-29-23-30(52-5)25-31(24-29)56-20-19-55-18-17-54-16-15-51-4/h7-14,21-25,58H,15-20,26H2,1-6H3,(H,42,44,47)(H,43,49,50)(H2,45,46,48). The smallest absolute Gasteiger partial charge is 0.323 e. The molecular formula is C41H50N6O10S. The molecule has 4 N–H and O–H groups in total. The van der Waals surface area contributed by atoms with E-state index in [1.54, 1.807) is 56.8 Å². The SMILES string of the molecule is COCCOCCOCCOc1cc(Nc2nccc(Oc3ccc(NC(=O)Nc4cc(C(C)(C)C)cc(CN[SH](=O)=O)c4OC)c4ccccc34)n2)cc(OC)c1. The van der Waals surface area contributed by atoms with Crippen molar-refractivity contribution in [2.24, 2.45) is 0 Å². The van der Waals surface area contributed by atoms with Gasteiger partial charge in [0, 0.05) is 66.1 Å². The van der Waals surface area contributed by atoms with Gasteiger partial charge in [-0.05, 0) is 29.2 Å². The fraction of sp³-hybridized carbons (Fsp3) is 0.341. The molecule has 4 aromatic carbocycles. The zero-order chi connectivity index (χ0) is 41.5. The van der Waals surface area contributed by atoms with Gasteiger partial charge in [-0.15, -0.1) is 0 Å². The number of ether oxygens (including phenoxy) is 7. The largest absolute Gasteiger partial charge is 0.497 e. The fourth-order valence-corrected chi connectivity index (χ4v) is 6.01. The van der Waals surface area contributed by atoms with Crippen LogP contribution >= 0.6 is 0 Å². The highest BCUT2D eigenvalue weighted by molar-refractivity contribution is 7.70. The van der Waals surface area contributed by atoms with Crippen LogP contribution in [0.15, 0.2) is 79.0 Å². The van der Waals surface area contributed by atoms with Gasteiger partial charge in [-0.3, -0.25) is 0 Å². The molecule has 16 nitrogen and oxygen atoms in total. The van der Waals surface area contributed by atoms with E-state index in [1.165, 1.54) is 7.11 Å². The lowest BCUT2D eigenvalue weighted by Crippen LogP contribution is -2.22. The topological polar surface area (TPSA) is 190 Å². The zero-order valence-electron chi connectivity index (χ0n) is 33.4. The second-order valence-corrected chi connectivity index (χ2v) is 14.5. The van der Waals surface area contributed by atoms with Crippen LogP contribution in [0.25, 0.3) is 10.8 Å². The molecule has 5 aromatic rings. The van der Waals surface area contributed by atoms with E-state index in [9.17, 15) is 13.2 Å². The quantitative estimate of drug-likeness (QED) is 0.0385. The Morgan fingerprint density at radius 2 is 1.47 bits per heavy atom. The van der Waals surface area contributed by atoms with Crippen molar-refractivity contribution in [3.8, 4) is 28.9 Å². The molecule has 5 rings (SSSR count). The number of methoxy groups -OCH3 is 3. The molecule has 1 aromatic heterocycles. The van der Waals surface area contributed by atoms with Crippen molar-refractivity contribution in [3.05, 3.63) is 90.1 Å². The van der Waals surface area contributed by atoms with Gasteiger partial charge in [0.05, 0.1) is 58.6 Å². The Labute approximate surface area is 339 Å². The first-order chi connectivity index (χ1) is 28.0. The van der Waals surface area contributed by atoms with Gasteiger partial charge in [-0.25, -0.2) is 22.9 Å². The van der Waals surface area contributed by atoms with Crippen molar-refractivity contribution in [3.63, 3.8) is 0 Å². The number of hydrogen-bond acceptors (Lipinski definition) is 13. The second-order valence-electron chi connectivity index (χ2n) is 13.7. The van der Waals surface area contributed by atoms with Gasteiger partial charge in [0.25, 0.3) is 0 Å². The minimum absolute atomic E-state index is 0.000765. The summed E-state index contributed by atoms with van der Waals surface area (Å²) >= 11 is 0. The fourth-order valence-electron chi connectivity index (χ4n) is 5.71. The maximum Gasteiger partial charge on any atom is 0.323 e. The summed E-state index contributed by atoms with van der Waals surface area (Å²) in [4.78, 5) is 22.4. The highest BCUT2D eigenvalue weighted by Gasteiger charge is 2.21. The van der Waals surface area contributed by atoms with Crippen LogP contribution < -0.4 is 39.6 Å². The summed E-state index contributed by atoms with van der Waals surface area (Å²) in [7, 11) is 1.82. The summed E-state index contributed by atoms with van der Waals surface area (Å²) in [5.74, 6) is 2.54. The van der Waals surface area contributed by atoms with Gasteiger partial charge >= 0.3 is 6.03 Å². The van der Waals surface area contributed by atoms with Crippen molar-refractivity contribution in [2.45, 2.75) is 32.7 Å². The predicted molar refractivity (Wildman–Crippen MR) is 223 cm³/mol. The molecule has 0 saturated carbocycles. The summed E-state index contributed by atoms with van der Waals surface area (Å²) in [5.41, 5.74) is 2.71. The third kappa shape index (κ3) is 12.6. The first-order valence-corrected chi connectivity index (χ1v) is 19.6. The molecule has 1 heterocycles. The Morgan fingerprint density at radius 1 is 0.759 bits per heavy atom. The van der Waals surface area contributed by atoms with Crippen LogP contribution in [0, 0.1) is 0 Å². The molecule has 0 aliphatic rings. The summed E-state index contributed by atoms with van der Waals surface area (Å²) in [5, 5.41) is 10.5. The summed E-state index contributed by atoms with van der Waals surface area (Å²) in [6.45, 7) is 8.75. The van der Waals surface area contributed by atoms with Crippen LogP contribution in [0.5, 0.6) is 28.9 Å². The number of amides is 2. The van der Waals surface area contributed by atoms with Crippen molar-refractivity contribution in [1.82, 2.24) is 14.7 Å². The normalized spacial score (nSPS) is 11.4. The highest BCUT2D eigenvalue weighted by Crippen LogP contribution is 2.37. The third-order valence-corrected chi connectivity index (χ3v) is 8.95. The van der Waals surface area contributed by atoms with E-state index >= 15 is 0 Å². The van der Waals surface area contributed by atoms with Crippen molar-refractivity contribution in [1.29, 1.82) is 0 Å². The van der Waals surface area contributed by atoms with E-state index in [2.05, 4.69) is 30.6 Å². The number of rotatable bonds is 21. The zero-order valence-corrected chi connectivity index (χ0v) is 34.3. The molecule has 0 aliphatic heterocycles. The molecule has 0 saturated heterocycles. The van der Waals surface area contributed by atoms with Crippen molar-refractivity contribution >= 4 is 50.7 Å². The molecule has 0 aliphatic carbocycles. The van der Waals surface area contributed by atoms with E-state index in [4.69, 9.17) is 33.2 Å². The third-order valence-electron chi connectivity index (χ3n) is 8.53. The van der Waals surface area contributed by atoms with E-state index in [0.717, 1.165) is 10.9 Å². The monoisotopic (exact) mass is 818 g/mol. The van der Waals surface area contributed by atoms with Gasteiger partial charge in [0.2, 0.25) is 22.7 Å². The summed E-state index contributed by atoms with van der Waals surface area (Å²) in [6, 6.07) is 21.1. The van der Waals surface area contributed by atoms with Crippen LogP contribution in [0.3, 0.4) is 0 Å². The molecule has 0 radical (unpaired) electrons. The number of nitrogens with zero attached hydrogens (tertiary/aromatic N) is 2. The van der Waals surface area contributed by atoms with Gasteiger partial charge in [0.15, 0.2) is 0 Å². The first kappa shape index (κ1) is 43.4. The predicted octanol–water partition coefficient (Wildman–Crippen LogP) is 6.80. The number of carbonyl (C=O) groups excluding carboxylic acids is 1. The van der Waals surface area contributed by atoms with Crippen LogP contribution in [0.1, 0.15) is 31.9 Å². The van der Waals surface area contributed by atoms with Gasteiger partial charge in [-0.2, -0.15) is 4.98 Å². The minimum atomic E-state index is -2.84. The summed E-state index contributed by atoms with van der Waals surface area (Å²) < 4.78 is 64.2. The molecule has 17 heteroatoms. The van der Waals surface area contributed by atoms with Crippen molar-refractivity contribution in [2.75, 3.05) is 76.9 Å². The number of aromatic nitrogens is 2. The lowest BCUT2D eigenvalue weighted by atomic mass is 9.85. The lowest BCUT2D eigenvalue weighted by Gasteiger charge is -2.24. The Balaban J connectivity index is 1.27. The van der Waals surface area contributed by atoms with Crippen LogP contribution in [-0.4, -0.2) is 85.4 Å². The van der Waals surface area contributed by atoms with Crippen molar-refractivity contribution < 1.29 is 46.4 Å². The molecule has 0 spiro atoms. The second kappa shape index (κ2) is 21.2. The minimum Gasteiger partial charge on any atom is -0.497 e.